The van der Waals surface area contributed by atoms with Gasteiger partial charge in [0.05, 0.1) is 28.2 Å². The van der Waals surface area contributed by atoms with Crippen molar-refractivity contribution in [2.45, 2.75) is 19.5 Å². The summed E-state index contributed by atoms with van der Waals surface area (Å²) < 4.78 is 13.7. The van der Waals surface area contributed by atoms with E-state index in [-0.39, 0.29) is 5.91 Å². The molecule has 0 saturated carbocycles. The molecular formula is C32H35Cl3N4O3. The number of aryl methyl sites for hydroxylation is 1. The van der Waals surface area contributed by atoms with Crippen molar-refractivity contribution in [2.75, 3.05) is 53.0 Å². The van der Waals surface area contributed by atoms with Crippen molar-refractivity contribution in [1.82, 2.24) is 19.7 Å². The molecule has 0 aliphatic carbocycles. The van der Waals surface area contributed by atoms with Crippen LogP contribution in [-0.2, 0) is 13.1 Å². The molecule has 1 aliphatic rings. The van der Waals surface area contributed by atoms with Gasteiger partial charge in [-0.3, -0.25) is 9.69 Å². The number of carbonyl (C=O) groups excluding carboxylic acids is 1. The summed E-state index contributed by atoms with van der Waals surface area (Å²) in [6.45, 7) is 7.79. The minimum absolute atomic E-state index is 0.144. The SMILES string of the molecule is COc1cccc2c(C(=O)NCc3ccc(Cl)c(Cl)c3)cn(CCCN3CCN(CCOc4ccc(Cl)cc4)CC3)c12. The Morgan fingerprint density at radius 1 is 0.881 bits per heavy atom. The number of benzene rings is 3. The van der Waals surface area contributed by atoms with E-state index in [4.69, 9.17) is 44.3 Å². The number of rotatable bonds is 12. The van der Waals surface area contributed by atoms with Crippen LogP contribution in [0.4, 0.5) is 0 Å². The van der Waals surface area contributed by atoms with Crippen LogP contribution in [0.25, 0.3) is 10.9 Å². The van der Waals surface area contributed by atoms with Gasteiger partial charge in [0.2, 0.25) is 0 Å². The van der Waals surface area contributed by atoms with Crippen LogP contribution in [0, 0.1) is 0 Å². The molecule has 7 nitrogen and oxygen atoms in total. The summed E-state index contributed by atoms with van der Waals surface area (Å²) >= 11 is 18.1. The molecule has 222 valence electrons. The molecular weight excluding hydrogens is 595 g/mol. The fraction of sp³-hybridized carbons (Fsp3) is 0.344. The smallest absolute Gasteiger partial charge is 0.253 e. The maximum absolute atomic E-state index is 13.3. The Labute approximate surface area is 261 Å². The Morgan fingerprint density at radius 3 is 2.33 bits per heavy atom. The van der Waals surface area contributed by atoms with Crippen LogP contribution in [0.15, 0.2) is 66.9 Å². The van der Waals surface area contributed by atoms with Crippen LogP contribution in [0.5, 0.6) is 11.5 Å². The largest absolute Gasteiger partial charge is 0.495 e. The number of aromatic nitrogens is 1. The lowest BCUT2D eigenvalue weighted by atomic mass is 10.1. The Hall–Kier alpha value is -2.94. The predicted molar refractivity (Wildman–Crippen MR) is 171 cm³/mol. The molecule has 3 aromatic carbocycles. The molecule has 1 aliphatic heterocycles. The zero-order valence-electron chi connectivity index (χ0n) is 23.6. The number of halogens is 3. The third-order valence-electron chi connectivity index (χ3n) is 7.59. The topological polar surface area (TPSA) is 59.0 Å². The van der Waals surface area contributed by atoms with Crippen LogP contribution in [0.2, 0.25) is 15.1 Å². The third-order valence-corrected chi connectivity index (χ3v) is 8.58. The first-order valence-electron chi connectivity index (χ1n) is 14.1. The van der Waals surface area contributed by atoms with Crippen LogP contribution >= 0.6 is 34.8 Å². The molecule has 1 fully saturated rings. The van der Waals surface area contributed by atoms with Crippen molar-refractivity contribution in [1.29, 1.82) is 0 Å². The fourth-order valence-corrected chi connectivity index (χ4v) is 5.75. The van der Waals surface area contributed by atoms with Gasteiger partial charge in [-0.2, -0.15) is 0 Å². The molecule has 1 amide bonds. The average Bonchev–Trinajstić information content (AvgIpc) is 3.38. The van der Waals surface area contributed by atoms with E-state index in [9.17, 15) is 4.79 Å². The van der Waals surface area contributed by atoms with Gasteiger partial charge < -0.3 is 24.3 Å². The lowest BCUT2D eigenvalue weighted by Crippen LogP contribution is -2.47. The fourth-order valence-electron chi connectivity index (χ4n) is 5.30. The summed E-state index contributed by atoms with van der Waals surface area (Å²) in [6, 6.07) is 18.7. The monoisotopic (exact) mass is 628 g/mol. The minimum atomic E-state index is -0.144. The van der Waals surface area contributed by atoms with Crippen LogP contribution < -0.4 is 14.8 Å². The maximum atomic E-state index is 13.3. The van der Waals surface area contributed by atoms with Crippen LogP contribution in [-0.4, -0.2) is 73.3 Å². The van der Waals surface area contributed by atoms with Crippen LogP contribution in [0.1, 0.15) is 22.3 Å². The minimum Gasteiger partial charge on any atom is -0.495 e. The van der Waals surface area contributed by atoms with Crippen LogP contribution in [0.3, 0.4) is 0 Å². The first-order chi connectivity index (χ1) is 20.4. The highest BCUT2D eigenvalue weighted by Gasteiger charge is 2.20. The van der Waals surface area contributed by atoms with E-state index in [1.54, 1.807) is 19.2 Å². The molecule has 1 N–H and O–H groups in total. The normalized spacial score (nSPS) is 14.3. The molecule has 10 heteroatoms. The van der Waals surface area contributed by atoms with E-state index in [2.05, 4.69) is 19.7 Å². The number of hydrogen-bond acceptors (Lipinski definition) is 5. The summed E-state index contributed by atoms with van der Waals surface area (Å²) in [4.78, 5) is 18.2. The van der Waals surface area contributed by atoms with Gasteiger partial charge in [0.1, 0.15) is 18.1 Å². The van der Waals surface area contributed by atoms with Gasteiger partial charge in [-0.15, -0.1) is 0 Å². The average molecular weight is 630 g/mol. The highest BCUT2D eigenvalue weighted by molar-refractivity contribution is 6.42. The first-order valence-corrected chi connectivity index (χ1v) is 15.3. The van der Waals surface area contributed by atoms with Gasteiger partial charge in [-0.25, -0.2) is 0 Å². The predicted octanol–water partition coefficient (Wildman–Crippen LogP) is 6.63. The molecule has 1 saturated heterocycles. The highest BCUT2D eigenvalue weighted by Crippen LogP contribution is 2.30. The van der Waals surface area contributed by atoms with Crippen molar-refractivity contribution < 1.29 is 14.3 Å². The number of para-hydroxylation sites is 1. The zero-order chi connectivity index (χ0) is 29.5. The second-order valence-electron chi connectivity index (χ2n) is 10.4. The molecule has 0 radical (unpaired) electrons. The Morgan fingerprint density at radius 2 is 1.62 bits per heavy atom. The lowest BCUT2D eigenvalue weighted by Gasteiger charge is -2.34. The Bertz CT molecular complexity index is 1500. The number of carbonyl (C=O) groups is 1. The van der Waals surface area contributed by atoms with Gasteiger partial charge in [0.15, 0.2) is 0 Å². The summed E-state index contributed by atoms with van der Waals surface area (Å²) in [5, 5.41) is 5.56. The number of amides is 1. The van der Waals surface area contributed by atoms with Crippen molar-refractivity contribution in [2.24, 2.45) is 0 Å². The summed E-state index contributed by atoms with van der Waals surface area (Å²) in [7, 11) is 1.66. The van der Waals surface area contributed by atoms with Gasteiger partial charge >= 0.3 is 0 Å². The number of methoxy groups -OCH3 is 1. The number of fused-ring (bicyclic) bond motifs is 1. The summed E-state index contributed by atoms with van der Waals surface area (Å²) in [5.41, 5.74) is 2.44. The number of nitrogens with one attached hydrogen (secondary N) is 1. The zero-order valence-corrected chi connectivity index (χ0v) is 25.9. The van der Waals surface area contributed by atoms with E-state index in [1.165, 1.54) is 0 Å². The molecule has 0 unspecified atom stereocenters. The van der Waals surface area contributed by atoms with E-state index >= 15 is 0 Å². The van der Waals surface area contributed by atoms with Gasteiger partial charge in [0, 0.05) is 62.4 Å². The highest BCUT2D eigenvalue weighted by atomic mass is 35.5. The molecule has 4 aromatic rings. The van der Waals surface area contributed by atoms with Gasteiger partial charge in [0.25, 0.3) is 5.91 Å². The Balaban J connectivity index is 1.13. The molecule has 2 heterocycles. The van der Waals surface area contributed by atoms with Crippen molar-refractivity contribution in [3.63, 3.8) is 0 Å². The molecule has 5 rings (SSSR count). The van der Waals surface area contributed by atoms with Crippen molar-refractivity contribution in [3.8, 4) is 11.5 Å². The standard InChI is InChI=1S/C32H35Cl3N4O3/c1-41-30-5-2-4-26-27(32(40)36-21-23-6-11-28(34)29(35)20-23)22-39(31(26)30)13-3-12-37-14-16-38(17-15-37)18-19-42-25-9-7-24(33)8-10-25/h2,4-11,20,22H,3,12-19,21H2,1H3,(H,36,40). The van der Waals surface area contributed by atoms with E-state index in [0.29, 0.717) is 33.8 Å². The number of nitrogens with zero attached hydrogens (tertiary/aromatic N) is 3. The third kappa shape index (κ3) is 7.71. The first kappa shape index (κ1) is 30.5. The van der Waals surface area contributed by atoms with Crippen molar-refractivity contribution >= 4 is 51.6 Å². The number of piperazine rings is 1. The van der Waals surface area contributed by atoms with Gasteiger partial charge in [-0.1, -0.05) is 53.0 Å². The molecule has 0 spiro atoms. The summed E-state index contributed by atoms with van der Waals surface area (Å²) in [5.74, 6) is 1.46. The lowest BCUT2D eigenvalue weighted by molar-refractivity contribution is 0.0952. The summed E-state index contributed by atoms with van der Waals surface area (Å²) in [6.07, 6.45) is 2.90. The second kappa shape index (κ2) is 14.5. The van der Waals surface area contributed by atoms with E-state index in [0.717, 1.165) is 80.2 Å². The molecule has 0 bridgehead atoms. The van der Waals surface area contributed by atoms with E-state index in [1.807, 2.05) is 54.7 Å². The van der Waals surface area contributed by atoms with E-state index < -0.39 is 0 Å². The number of ether oxygens (including phenoxy) is 2. The molecule has 1 aromatic heterocycles. The maximum Gasteiger partial charge on any atom is 0.253 e. The van der Waals surface area contributed by atoms with Gasteiger partial charge in [-0.05, 0) is 61.0 Å². The quantitative estimate of drug-likeness (QED) is 0.191. The number of hydrogen-bond donors (Lipinski definition) is 1. The van der Waals surface area contributed by atoms with Crippen molar-refractivity contribution in [3.05, 3.63) is 93.1 Å². The molecule has 42 heavy (non-hydrogen) atoms. The molecule has 0 atom stereocenters. The Kier molecular flexibility index (Phi) is 10.5. The second-order valence-corrected chi connectivity index (χ2v) is 11.6.